The van der Waals surface area contributed by atoms with Crippen LogP contribution in [0, 0.1) is 6.92 Å². The van der Waals surface area contributed by atoms with Gasteiger partial charge in [0.2, 0.25) is 0 Å². The maximum atomic E-state index is 12.3. The minimum atomic E-state index is -0.0107. The molecule has 1 aromatic heterocycles. The summed E-state index contributed by atoms with van der Waals surface area (Å²) in [5.41, 5.74) is 7.34. The van der Waals surface area contributed by atoms with Gasteiger partial charge >= 0.3 is 0 Å². The van der Waals surface area contributed by atoms with Gasteiger partial charge in [0.25, 0.3) is 5.91 Å². The van der Waals surface area contributed by atoms with E-state index in [-0.39, 0.29) is 5.91 Å². The van der Waals surface area contributed by atoms with Crippen LogP contribution in [0.5, 0.6) is 0 Å². The highest BCUT2D eigenvalue weighted by molar-refractivity contribution is 5.94. The van der Waals surface area contributed by atoms with Crippen LogP contribution in [0.15, 0.2) is 103 Å². The highest BCUT2D eigenvalue weighted by atomic mass is 16.1. The summed E-state index contributed by atoms with van der Waals surface area (Å²) in [6.45, 7) is 2.69. The number of unbranched alkanes of at least 4 members (excludes halogenated alkanes) is 1. The van der Waals surface area contributed by atoms with E-state index in [2.05, 4.69) is 57.0 Å². The Morgan fingerprint density at radius 3 is 2.43 bits per heavy atom. The van der Waals surface area contributed by atoms with Crippen LogP contribution in [-0.4, -0.2) is 22.4 Å². The van der Waals surface area contributed by atoms with Crippen LogP contribution in [0.25, 0.3) is 22.0 Å². The van der Waals surface area contributed by atoms with Gasteiger partial charge in [0.05, 0.1) is 5.52 Å². The zero-order chi connectivity index (χ0) is 25.5. The highest BCUT2D eigenvalue weighted by Crippen LogP contribution is 2.29. The number of fused-ring (bicyclic) bond motifs is 1. The van der Waals surface area contributed by atoms with Gasteiger partial charge in [0, 0.05) is 23.2 Å². The van der Waals surface area contributed by atoms with Crippen molar-refractivity contribution in [2.75, 3.05) is 11.9 Å². The van der Waals surface area contributed by atoms with Crippen molar-refractivity contribution in [2.45, 2.75) is 26.2 Å². The quantitative estimate of drug-likeness (QED) is 0.218. The first-order valence-corrected chi connectivity index (χ1v) is 12.7. The number of hydrogen-bond donors (Lipinski definition) is 2. The molecule has 0 aliphatic carbocycles. The maximum Gasteiger partial charge on any atom is 0.251 e. The van der Waals surface area contributed by atoms with E-state index in [9.17, 15) is 4.79 Å². The summed E-state index contributed by atoms with van der Waals surface area (Å²) in [6, 6.07) is 32.7. The van der Waals surface area contributed by atoms with Crippen molar-refractivity contribution < 1.29 is 4.79 Å². The molecule has 0 fully saturated rings. The Labute approximate surface area is 217 Å². The van der Waals surface area contributed by atoms with Crippen molar-refractivity contribution in [1.29, 1.82) is 0 Å². The van der Waals surface area contributed by atoms with Crippen molar-refractivity contribution in [3.8, 4) is 11.1 Å². The molecule has 0 unspecified atom stereocenters. The van der Waals surface area contributed by atoms with E-state index >= 15 is 0 Å². The molecule has 0 spiro atoms. The average molecular weight is 487 g/mol. The summed E-state index contributed by atoms with van der Waals surface area (Å²) in [7, 11) is 0. The molecule has 5 aromatic rings. The Balaban J connectivity index is 1.22. The normalized spacial score (nSPS) is 10.8. The molecule has 184 valence electrons. The number of benzene rings is 4. The Bertz CT molecular complexity index is 1500. The van der Waals surface area contributed by atoms with Gasteiger partial charge in [0.1, 0.15) is 12.1 Å². The summed E-state index contributed by atoms with van der Waals surface area (Å²) in [5, 5.41) is 7.43. The van der Waals surface area contributed by atoms with Gasteiger partial charge in [-0.2, -0.15) is 0 Å². The second-order valence-electron chi connectivity index (χ2n) is 9.22. The fourth-order valence-electron chi connectivity index (χ4n) is 4.36. The smallest absolute Gasteiger partial charge is 0.251 e. The number of nitrogens with one attached hydrogen (secondary N) is 2. The Hall–Kier alpha value is -4.51. The van der Waals surface area contributed by atoms with Gasteiger partial charge < -0.3 is 10.6 Å². The second-order valence-corrected chi connectivity index (χ2v) is 9.22. The van der Waals surface area contributed by atoms with E-state index < -0.39 is 0 Å². The molecule has 0 atom stereocenters. The number of para-hydroxylation sites is 1. The van der Waals surface area contributed by atoms with E-state index in [1.807, 2.05) is 67.6 Å². The average Bonchev–Trinajstić information content (AvgIpc) is 2.94. The van der Waals surface area contributed by atoms with Crippen molar-refractivity contribution >= 4 is 28.3 Å². The third-order valence-corrected chi connectivity index (χ3v) is 6.42. The zero-order valence-electron chi connectivity index (χ0n) is 20.9. The number of nitrogens with zero attached hydrogens (tertiary/aromatic N) is 2. The van der Waals surface area contributed by atoms with Crippen LogP contribution >= 0.6 is 0 Å². The molecule has 2 N–H and O–H groups in total. The molecule has 0 aliphatic rings. The Morgan fingerprint density at radius 1 is 0.784 bits per heavy atom. The van der Waals surface area contributed by atoms with E-state index in [0.29, 0.717) is 12.1 Å². The number of hydrogen-bond acceptors (Lipinski definition) is 4. The third-order valence-electron chi connectivity index (χ3n) is 6.42. The molecule has 4 aromatic carbocycles. The monoisotopic (exact) mass is 486 g/mol. The maximum absolute atomic E-state index is 12.3. The second kappa shape index (κ2) is 11.5. The Morgan fingerprint density at radius 2 is 1.59 bits per heavy atom. The summed E-state index contributed by atoms with van der Waals surface area (Å²) in [6.07, 6.45) is 4.50. The highest BCUT2D eigenvalue weighted by Gasteiger charge is 2.08. The van der Waals surface area contributed by atoms with Gasteiger partial charge in [0.15, 0.2) is 0 Å². The minimum Gasteiger partial charge on any atom is -0.352 e. The minimum absolute atomic E-state index is 0.0107. The summed E-state index contributed by atoms with van der Waals surface area (Å²) in [4.78, 5) is 21.2. The van der Waals surface area contributed by atoms with Crippen molar-refractivity contribution in [1.82, 2.24) is 15.3 Å². The standard InChI is InChI=1S/C32H30N4O/c1-23-13-15-25(16-14-23)32(37)33-19-6-5-8-24-9-7-10-26(20-24)27-17-18-30-29(21-27)31(35-22-34-30)36-28-11-3-2-4-12-28/h2-4,7,9-18,20-22H,5-6,8,19H2,1H3,(H,33,37)(H,34,35,36). The van der Waals surface area contributed by atoms with Crippen molar-refractivity contribution in [2.24, 2.45) is 0 Å². The van der Waals surface area contributed by atoms with Crippen molar-refractivity contribution in [3.05, 3.63) is 120 Å². The molecule has 5 heteroatoms. The predicted molar refractivity (Wildman–Crippen MR) is 151 cm³/mol. The largest absolute Gasteiger partial charge is 0.352 e. The molecule has 1 amide bonds. The molecule has 5 rings (SSSR count). The van der Waals surface area contributed by atoms with Gasteiger partial charge in [-0.05, 0) is 79.3 Å². The molecule has 0 radical (unpaired) electrons. The molecule has 1 heterocycles. The molecule has 0 saturated carbocycles. The zero-order valence-corrected chi connectivity index (χ0v) is 20.9. The van der Waals surface area contributed by atoms with Crippen LogP contribution in [0.2, 0.25) is 0 Å². The lowest BCUT2D eigenvalue weighted by Gasteiger charge is -2.11. The van der Waals surface area contributed by atoms with Crippen LogP contribution in [0.1, 0.15) is 34.3 Å². The summed E-state index contributed by atoms with van der Waals surface area (Å²) < 4.78 is 0. The third kappa shape index (κ3) is 6.19. The SMILES string of the molecule is Cc1ccc(C(=O)NCCCCc2cccc(-c3ccc4ncnc(Nc5ccccc5)c4c3)c2)cc1. The molecule has 37 heavy (non-hydrogen) atoms. The first kappa shape index (κ1) is 24.2. The first-order valence-electron chi connectivity index (χ1n) is 12.7. The molecular formula is C32H30N4O. The van der Waals surface area contributed by atoms with Crippen LogP contribution < -0.4 is 10.6 Å². The summed E-state index contributed by atoms with van der Waals surface area (Å²) in [5.74, 6) is 0.783. The fourth-order valence-corrected chi connectivity index (χ4v) is 4.36. The van der Waals surface area contributed by atoms with E-state index in [1.165, 1.54) is 11.1 Å². The lowest BCUT2D eigenvalue weighted by atomic mass is 9.99. The number of aryl methyl sites for hydroxylation is 2. The fraction of sp³-hybridized carbons (Fsp3) is 0.156. The lowest BCUT2D eigenvalue weighted by molar-refractivity contribution is 0.0953. The molecular weight excluding hydrogens is 456 g/mol. The molecule has 0 aliphatic heterocycles. The number of amides is 1. The van der Waals surface area contributed by atoms with E-state index in [1.54, 1.807) is 6.33 Å². The van der Waals surface area contributed by atoms with Crippen LogP contribution in [0.4, 0.5) is 11.5 Å². The molecule has 0 bridgehead atoms. The molecule has 0 saturated heterocycles. The van der Waals surface area contributed by atoms with Gasteiger partial charge in [-0.15, -0.1) is 0 Å². The van der Waals surface area contributed by atoms with Gasteiger partial charge in [-0.1, -0.05) is 66.2 Å². The number of aromatic nitrogens is 2. The molecule has 5 nitrogen and oxygen atoms in total. The number of rotatable bonds is 9. The van der Waals surface area contributed by atoms with Gasteiger partial charge in [-0.3, -0.25) is 4.79 Å². The van der Waals surface area contributed by atoms with Crippen LogP contribution in [-0.2, 0) is 6.42 Å². The van der Waals surface area contributed by atoms with E-state index in [4.69, 9.17) is 0 Å². The topological polar surface area (TPSA) is 66.9 Å². The van der Waals surface area contributed by atoms with E-state index in [0.717, 1.165) is 52.8 Å². The number of carbonyl (C=O) groups excluding carboxylic acids is 1. The number of anilines is 2. The van der Waals surface area contributed by atoms with Gasteiger partial charge in [-0.25, -0.2) is 9.97 Å². The first-order chi connectivity index (χ1) is 18.2. The predicted octanol–water partition coefficient (Wildman–Crippen LogP) is 7.10. The summed E-state index contributed by atoms with van der Waals surface area (Å²) >= 11 is 0. The lowest BCUT2D eigenvalue weighted by Crippen LogP contribution is -2.24. The van der Waals surface area contributed by atoms with Crippen LogP contribution in [0.3, 0.4) is 0 Å². The Kier molecular flexibility index (Phi) is 7.51. The van der Waals surface area contributed by atoms with Crippen molar-refractivity contribution in [3.63, 3.8) is 0 Å². The number of carbonyl (C=O) groups is 1.